The van der Waals surface area contributed by atoms with Crippen LogP contribution < -0.4 is 10.9 Å². The molecule has 2 fully saturated rings. The van der Waals surface area contributed by atoms with Crippen LogP contribution in [0.1, 0.15) is 62.8 Å². The first-order valence-electron chi connectivity index (χ1n) is 12.0. The Balaban J connectivity index is 1.56. The van der Waals surface area contributed by atoms with E-state index in [9.17, 15) is 9.90 Å². The molecule has 0 amide bonds. The summed E-state index contributed by atoms with van der Waals surface area (Å²) in [6.07, 6.45) is 9.46. The Hall–Kier alpha value is -2.67. The number of fused-ring (bicyclic) bond motifs is 1. The fourth-order valence-electron chi connectivity index (χ4n) is 5.35. The molecule has 0 saturated heterocycles. The van der Waals surface area contributed by atoms with Crippen LogP contribution in [0.3, 0.4) is 0 Å². The van der Waals surface area contributed by atoms with E-state index in [1.54, 1.807) is 11.6 Å². The first-order valence-corrected chi connectivity index (χ1v) is 12.0. The van der Waals surface area contributed by atoms with Crippen LogP contribution in [0.15, 0.2) is 35.1 Å². The van der Waals surface area contributed by atoms with Crippen molar-refractivity contribution in [3.05, 3.63) is 52.1 Å². The second-order valence-corrected chi connectivity index (χ2v) is 9.53. The molecule has 0 bridgehead atoms. The highest BCUT2D eigenvalue weighted by molar-refractivity contribution is 5.72. The summed E-state index contributed by atoms with van der Waals surface area (Å²) in [4.78, 5) is 23.1. The molecular formula is C25H33N5O2. The van der Waals surface area contributed by atoms with Crippen molar-refractivity contribution in [2.75, 3.05) is 5.32 Å². The van der Waals surface area contributed by atoms with Crippen LogP contribution in [0.4, 0.5) is 5.95 Å². The Kier molecular flexibility index (Phi) is 6.00. The molecule has 0 radical (unpaired) electrons. The highest BCUT2D eigenvalue weighted by atomic mass is 16.3. The van der Waals surface area contributed by atoms with Crippen molar-refractivity contribution in [2.45, 2.75) is 76.5 Å². The number of aromatic nitrogens is 4. The summed E-state index contributed by atoms with van der Waals surface area (Å²) in [5, 5.41) is 13.5. The molecule has 2 aromatic heterocycles. The van der Waals surface area contributed by atoms with Crippen LogP contribution in [0, 0.1) is 5.92 Å². The third-order valence-electron chi connectivity index (χ3n) is 7.24. The van der Waals surface area contributed by atoms with Gasteiger partial charge in [0.05, 0.1) is 12.1 Å². The number of hydrogen-bond donors (Lipinski definition) is 2. The molecule has 32 heavy (non-hydrogen) atoms. The maximum absolute atomic E-state index is 13.5. The molecule has 2 aliphatic carbocycles. The zero-order chi connectivity index (χ0) is 22.1. The number of hydrogen-bond acceptors (Lipinski definition) is 5. The Morgan fingerprint density at radius 1 is 1.03 bits per heavy atom. The van der Waals surface area contributed by atoms with E-state index in [1.165, 1.54) is 32.1 Å². The molecule has 2 N–H and O–H groups in total. The van der Waals surface area contributed by atoms with Crippen LogP contribution in [-0.2, 0) is 20.0 Å². The van der Waals surface area contributed by atoms with E-state index in [2.05, 4.69) is 22.0 Å². The normalized spacial score (nSPS) is 21.9. The van der Waals surface area contributed by atoms with Gasteiger partial charge in [0, 0.05) is 20.0 Å². The Morgan fingerprint density at radius 2 is 1.81 bits per heavy atom. The zero-order valence-corrected chi connectivity index (χ0v) is 18.8. The average Bonchev–Trinajstić information content (AvgIpc) is 3.36. The number of imidazole rings is 1. The predicted molar refractivity (Wildman–Crippen MR) is 126 cm³/mol. The van der Waals surface area contributed by atoms with Gasteiger partial charge in [-0.2, -0.15) is 4.98 Å². The Labute approximate surface area is 188 Å². The molecule has 2 atom stereocenters. The second kappa shape index (κ2) is 9.06. The molecule has 0 unspecified atom stereocenters. The molecule has 7 nitrogen and oxygen atoms in total. The van der Waals surface area contributed by atoms with Gasteiger partial charge in [0.1, 0.15) is 5.82 Å². The molecule has 0 spiro atoms. The van der Waals surface area contributed by atoms with Gasteiger partial charge in [-0.05, 0) is 30.7 Å². The minimum Gasteiger partial charge on any atom is -0.391 e. The van der Waals surface area contributed by atoms with Gasteiger partial charge >= 0.3 is 0 Å². The first-order chi connectivity index (χ1) is 15.6. The van der Waals surface area contributed by atoms with Crippen LogP contribution in [0.2, 0.25) is 0 Å². The standard InChI is InChI=1S/C25H33N5O2/c1-29-24(32)22-23(28-25(29)26-19-13-8-14-20(19)31)27-21(15-17-9-4-2-5-10-17)30(22)16-18-11-6-3-7-12-18/h3,6-7,11-12,17,19-20,31H,2,4-5,8-10,13-16H2,1H3,(H,26,28)/t19-,20-/m1/s1. The monoisotopic (exact) mass is 435 g/mol. The summed E-state index contributed by atoms with van der Waals surface area (Å²) >= 11 is 0. The third kappa shape index (κ3) is 4.18. The largest absolute Gasteiger partial charge is 0.391 e. The second-order valence-electron chi connectivity index (χ2n) is 9.53. The number of nitrogens with zero attached hydrogens (tertiary/aromatic N) is 4. The Bertz CT molecular complexity index is 1130. The summed E-state index contributed by atoms with van der Waals surface area (Å²) in [5.41, 5.74) is 2.13. The first kappa shape index (κ1) is 21.2. The highest BCUT2D eigenvalue weighted by Crippen LogP contribution is 2.28. The van der Waals surface area contributed by atoms with Crippen molar-refractivity contribution in [2.24, 2.45) is 13.0 Å². The van der Waals surface area contributed by atoms with Crippen molar-refractivity contribution in [1.29, 1.82) is 0 Å². The number of aliphatic hydroxyl groups is 1. The van der Waals surface area contributed by atoms with E-state index >= 15 is 0 Å². The summed E-state index contributed by atoms with van der Waals surface area (Å²) in [5.74, 6) is 2.06. The van der Waals surface area contributed by atoms with E-state index in [0.29, 0.717) is 29.6 Å². The SMILES string of the molecule is Cn1c(N[C@@H]2CCC[C@H]2O)nc2nc(CC3CCCCC3)n(Cc3ccccc3)c2c1=O. The number of nitrogens with one attached hydrogen (secondary N) is 1. The lowest BCUT2D eigenvalue weighted by atomic mass is 9.87. The van der Waals surface area contributed by atoms with E-state index in [-0.39, 0.29) is 11.6 Å². The van der Waals surface area contributed by atoms with E-state index < -0.39 is 6.10 Å². The van der Waals surface area contributed by atoms with Gasteiger partial charge in [-0.25, -0.2) is 4.98 Å². The van der Waals surface area contributed by atoms with Gasteiger partial charge < -0.3 is 15.0 Å². The van der Waals surface area contributed by atoms with Gasteiger partial charge in [-0.1, -0.05) is 62.4 Å². The van der Waals surface area contributed by atoms with Gasteiger partial charge in [0.15, 0.2) is 11.2 Å². The summed E-state index contributed by atoms with van der Waals surface area (Å²) in [6.45, 7) is 0.616. The predicted octanol–water partition coefficient (Wildman–Crippen LogP) is 3.63. The van der Waals surface area contributed by atoms with Gasteiger partial charge in [-0.3, -0.25) is 9.36 Å². The van der Waals surface area contributed by atoms with E-state index in [0.717, 1.165) is 37.1 Å². The third-order valence-corrected chi connectivity index (χ3v) is 7.24. The summed E-state index contributed by atoms with van der Waals surface area (Å²) in [6, 6.07) is 10.2. The van der Waals surface area contributed by atoms with Gasteiger partial charge in [0.2, 0.25) is 5.95 Å². The van der Waals surface area contributed by atoms with Crippen molar-refractivity contribution in [1.82, 2.24) is 19.1 Å². The molecule has 0 aliphatic heterocycles. The molecule has 5 rings (SSSR count). The topological polar surface area (TPSA) is 85.0 Å². The number of anilines is 1. The fourth-order valence-corrected chi connectivity index (χ4v) is 5.35. The molecule has 2 heterocycles. The molecule has 170 valence electrons. The van der Waals surface area contributed by atoms with Crippen LogP contribution >= 0.6 is 0 Å². The summed E-state index contributed by atoms with van der Waals surface area (Å²) < 4.78 is 3.66. The zero-order valence-electron chi connectivity index (χ0n) is 18.8. The maximum Gasteiger partial charge on any atom is 0.280 e. The average molecular weight is 436 g/mol. The Morgan fingerprint density at radius 3 is 2.53 bits per heavy atom. The lowest BCUT2D eigenvalue weighted by Crippen LogP contribution is -2.32. The number of aliphatic hydroxyl groups excluding tert-OH is 1. The lowest BCUT2D eigenvalue weighted by Gasteiger charge is -2.21. The van der Waals surface area contributed by atoms with Crippen LogP contribution in [-0.4, -0.2) is 36.4 Å². The van der Waals surface area contributed by atoms with Crippen LogP contribution in [0.5, 0.6) is 0 Å². The smallest absolute Gasteiger partial charge is 0.280 e. The fraction of sp³-hybridized carbons (Fsp3) is 0.560. The minimum atomic E-state index is -0.403. The molecule has 3 aromatic rings. The van der Waals surface area contributed by atoms with Crippen molar-refractivity contribution < 1.29 is 5.11 Å². The summed E-state index contributed by atoms with van der Waals surface area (Å²) in [7, 11) is 1.75. The van der Waals surface area contributed by atoms with Crippen molar-refractivity contribution in [3.63, 3.8) is 0 Å². The van der Waals surface area contributed by atoms with Crippen LogP contribution in [0.25, 0.3) is 11.2 Å². The molecule has 1 aromatic carbocycles. The van der Waals surface area contributed by atoms with E-state index in [4.69, 9.17) is 9.97 Å². The highest BCUT2D eigenvalue weighted by Gasteiger charge is 2.27. The molecule has 7 heteroatoms. The molecule has 2 aliphatic rings. The van der Waals surface area contributed by atoms with Crippen molar-refractivity contribution in [3.8, 4) is 0 Å². The molecular weight excluding hydrogens is 402 g/mol. The number of benzene rings is 1. The van der Waals surface area contributed by atoms with Gasteiger partial charge in [0.25, 0.3) is 5.56 Å². The maximum atomic E-state index is 13.5. The van der Waals surface area contributed by atoms with Gasteiger partial charge in [-0.15, -0.1) is 0 Å². The van der Waals surface area contributed by atoms with Crippen molar-refractivity contribution >= 4 is 17.1 Å². The minimum absolute atomic E-state index is 0.0707. The molecule has 2 saturated carbocycles. The quantitative estimate of drug-likeness (QED) is 0.618. The number of rotatable bonds is 6. The van der Waals surface area contributed by atoms with E-state index in [1.807, 2.05) is 18.2 Å². The lowest BCUT2D eigenvalue weighted by molar-refractivity contribution is 0.171.